The van der Waals surface area contributed by atoms with Crippen LogP contribution in [0.3, 0.4) is 0 Å². The molecule has 7 heteroatoms. The van der Waals surface area contributed by atoms with Crippen LogP contribution < -0.4 is 0 Å². The van der Waals surface area contributed by atoms with Gasteiger partial charge in [0.2, 0.25) is 18.0 Å². The number of hydrogen-bond acceptors (Lipinski definition) is 6. The lowest BCUT2D eigenvalue weighted by Gasteiger charge is -2.43. The van der Waals surface area contributed by atoms with E-state index in [9.17, 15) is 9.59 Å². The van der Waals surface area contributed by atoms with Gasteiger partial charge in [-0.3, -0.25) is 9.69 Å². The largest absolute Gasteiger partial charge is 0.463 e. The molecule has 3 aromatic carbocycles. The fourth-order valence-electron chi connectivity index (χ4n) is 5.44. The Kier molecular flexibility index (Phi) is 6.99. The highest BCUT2D eigenvalue weighted by Crippen LogP contribution is 2.43. The number of aryl methyl sites for hydroxylation is 1. The zero-order chi connectivity index (χ0) is 26.8. The minimum Gasteiger partial charge on any atom is -0.463 e. The van der Waals surface area contributed by atoms with E-state index in [1.807, 2.05) is 78.9 Å². The second kappa shape index (κ2) is 10.9. The molecule has 2 heterocycles. The highest BCUT2D eigenvalue weighted by molar-refractivity contribution is 5.89. The predicted octanol–water partition coefficient (Wildman–Crippen LogP) is 6.27. The molecule has 1 saturated heterocycles. The fourth-order valence-corrected chi connectivity index (χ4v) is 5.44. The molecule has 198 valence electrons. The van der Waals surface area contributed by atoms with Crippen molar-refractivity contribution in [2.24, 2.45) is 0 Å². The number of esters is 1. The second-order valence-electron chi connectivity index (χ2n) is 9.80. The van der Waals surface area contributed by atoms with Gasteiger partial charge in [0.1, 0.15) is 11.7 Å². The number of fused-ring (bicyclic) bond motifs is 1. The van der Waals surface area contributed by atoms with E-state index >= 15 is 0 Å². The quantitative estimate of drug-likeness (QED) is 0.201. The zero-order valence-electron chi connectivity index (χ0n) is 21.8. The Morgan fingerprint density at radius 1 is 1.00 bits per heavy atom. The number of nitrogens with zero attached hydrogens (tertiary/aromatic N) is 2. The first-order valence-electron chi connectivity index (χ1n) is 13.5. The zero-order valence-corrected chi connectivity index (χ0v) is 21.8. The Balaban J connectivity index is 1.36. The molecule has 1 aliphatic heterocycles. The summed E-state index contributed by atoms with van der Waals surface area (Å²) in [4.78, 5) is 32.6. The predicted molar refractivity (Wildman–Crippen MR) is 145 cm³/mol. The SMILES string of the molecule is CCOC(=O)C(OC1CCCc2ccccc21)N1C(=O)CC1c1nc(-c2ccccc2)c(-c2ccccc2)o1. The number of carbonyl (C=O) groups is 2. The normalized spacial score (nSPS) is 19.2. The van der Waals surface area contributed by atoms with Crippen molar-refractivity contribution < 1.29 is 23.5 Å². The molecule has 1 aromatic heterocycles. The molecule has 0 bridgehead atoms. The molecule has 0 spiro atoms. The maximum atomic E-state index is 13.2. The third-order valence-corrected chi connectivity index (χ3v) is 7.35. The van der Waals surface area contributed by atoms with Crippen molar-refractivity contribution in [3.05, 3.63) is 102 Å². The van der Waals surface area contributed by atoms with Crippen LogP contribution in [0.25, 0.3) is 22.6 Å². The minimum atomic E-state index is -1.19. The maximum Gasteiger partial charge on any atom is 0.356 e. The number of aromatic nitrogens is 1. The Labute approximate surface area is 227 Å². The maximum absolute atomic E-state index is 13.2. The van der Waals surface area contributed by atoms with Crippen molar-refractivity contribution in [1.82, 2.24) is 9.88 Å². The number of ether oxygens (including phenoxy) is 2. The van der Waals surface area contributed by atoms with Crippen molar-refractivity contribution in [2.45, 2.75) is 51.0 Å². The Bertz CT molecular complexity index is 1410. The van der Waals surface area contributed by atoms with Crippen molar-refractivity contribution in [1.29, 1.82) is 0 Å². The number of amides is 1. The molecule has 3 atom stereocenters. The number of likely N-dealkylation sites (tertiary alicyclic amines) is 1. The van der Waals surface area contributed by atoms with Gasteiger partial charge in [0.25, 0.3) is 0 Å². The van der Waals surface area contributed by atoms with Crippen molar-refractivity contribution in [3.63, 3.8) is 0 Å². The number of hydrogen-bond donors (Lipinski definition) is 0. The molecule has 1 aliphatic carbocycles. The molecule has 0 saturated carbocycles. The Morgan fingerprint density at radius 2 is 1.69 bits per heavy atom. The lowest BCUT2D eigenvalue weighted by Crippen LogP contribution is -2.57. The van der Waals surface area contributed by atoms with Crippen molar-refractivity contribution in [3.8, 4) is 22.6 Å². The minimum absolute atomic E-state index is 0.170. The molecule has 0 N–H and O–H groups in total. The van der Waals surface area contributed by atoms with Gasteiger partial charge in [0, 0.05) is 11.1 Å². The molecule has 6 rings (SSSR count). The summed E-state index contributed by atoms with van der Waals surface area (Å²) in [7, 11) is 0. The molecule has 1 fully saturated rings. The average molecular weight is 523 g/mol. The molecule has 4 aromatic rings. The van der Waals surface area contributed by atoms with Crippen molar-refractivity contribution in [2.75, 3.05) is 6.61 Å². The summed E-state index contributed by atoms with van der Waals surface area (Å²) in [5.74, 6) is 0.194. The molecule has 1 amide bonds. The number of carbonyl (C=O) groups excluding carboxylic acids is 2. The molecule has 2 aliphatic rings. The Hall–Kier alpha value is -4.23. The summed E-state index contributed by atoms with van der Waals surface area (Å²) in [6, 6.07) is 27.1. The molecule has 39 heavy (non-hydrogen) atoms. The van der Waals surface area contributed by atoms with E-state index in [2.05, 4.69) is 6.07 Å². The smallest absolute Gasteiger partial charge is 0.356 e. The monoisotopic (exact) mass is 522 g/mol. The van der Waals surface area contributed by atoms with Gasteiger partial charge in [-0.05, 0) is 37.3 Å². The molecule has 7 nitrogen and oxygen atoms in total. The topological polar surface area (TPSA) is 81.9 Å². The standard InChI is InChI=1S/C32H30N2O5/c1-2-37-32(36)31(38-26-19-11-17-21-12-9-10-18-24(21)26)34-25(20-27(34)35)30-33-28(22-13-5-3-6-14-22)29(39-30)23-15-7-4-8-16-23/h3-10,12-16,18,25-26,31H,2,11,17,19-20H2,1H3. The number of oxazole rings is 1. The first-order chi connectivity index (χ1) is 19.1. The summed E-state index contributed by atoms with van der Waals surface area (Å²) in [5.41, 5.74) is 4.72. The summed E-state index contributed by atoms with van der Waals surface area (Å²) >= 11 is 0. The first-order valence-corrected chi connectivity index (χ1v) is 13.5. The van der Waals surface area contributed by atoms with Crippen LogP contribution in [0.15, 0.2) is 89.3 Å². The van der Waals surface area contributed by atoms with E-state index in [1.165, 1.54) is 10.5 Å². The van der Waals surface area contributed by atoms with Gasteiger partial charge < -0.3 is 13.9 Å². The van der Waals surface area contributed by atoms with E-state index in [0.29, 0.717) is 17.3 Å². The van der Waals surface area contributed by atoms with Crippen LogP contribution in [-0.2, 0) is 25.5 Å². The van der Waals surface area contributed by atoms with Gasteiger partial charge in [-0.1, -0.05) is 84.9 Å². The summed E-state index contributed by atoms with van der Waals surface area (Å²) < 4.78 is 18.2. The molecular formula is C32H30N2O5. The van der Waals surface area contributed by atoms with Crippen molar-refractivity contribution >= 4 is 11.9 Å². The van der Waals surface area contributed by atoms with E-state index in [4.69, 9.17) is 18.9 Å². The number of β-lactam (4-membered cyclic amide) rings is 1. The summed E-state index contributed by atoms with van der Waals surface area (Å²) in [6.45, 7) is 1.93. The average Bonchev–Trinajstić information content (AvgIpc) is 3.41. The van der Waals surface area contributed by atoms with Gasteiger partial charge >= 0.3 is 5.97 Å². The van der Waals surface area contributed by atoms with Gasteiger partial charge in [0.05, 0.1) is 19.1 Å². The van der Waals surface area contributed by atoms with Gasteiger partial charge in [0.15, 0.2) is 5.76 Å². The van der Waals surface area contributed by atoms with E-state index < -0.39 is 18.2 Å². The summed E-state index contributed by atoms with van der Waals surface area (Å²) in [5, 5.41) is 0. The van der Waals surface area contributed by atoms with Gasteiger partial charge in [-0.15, -0.1) is 0 Å². The summed E-state index contributed by atoms with van der Waals surface area (Å²) in [6.07, 6.45) is 1.32. The number of rotatable bonds is 8. The van der Waals surface area contributed by atoms with Crippen LogP contribution in [0.5, 0.6) is 0 Å². The molecule has 3 unspecified atom stereocenters. The van der Waals surface area contributed by atoms with Crippen LogP contribution in [0.1, 0.15) is 55.3 Å². The molecular weight excluding hydrogens is 492 g/mol. The van der Waals surface area contributed by atoms with E-state index in [-0.39, 0.29) is 25.0 Å². The highest BCUT2D eigenvalue weighted by atomic mass is 16.6. The van der Waals surface area contributed by atoms with E-state index in [1.54, 1.807) is 6.92 Å². The van der Waals surface area contributed by atoms with Gasteiger partial charge in [-0.2, -0.15) is 0 Å². The third-order valence-electron chi connectivity index (χ3n) is 7.35. The van der Waals surface area contributed by atoms with E-state index in [0.717, 1.165) is 36.0 Å². The van der Waals surface area contributed by atoms with Crippen LogP contribution >= 0.6 is 0 Å². The fraction of sp³-hybridized carbons (Fsp3) is 0.281. The second-order valence-corrected chi connectivity index (χ2v) is 9.80. The Morgan fingerprint density at radius 3 is 2.41 bits per heavy atom. The van der Waals surface area contributed by atoms with Crippen LogP contribution in [0, 0.1) is 0 Å². The lowest BCUT2D eigenvalue weighted by atomic mass is 9.89. The van der Waals surface area contributed by atoms with Crippen LogP contribution in [0.2, 0.25) is 0 Å². The van der Waals surface area contributed by atoms with Crippen LogP contribution in [0.4, 0.5) is 0 Å². The third kappa shape index (κ3) is 4.86. The van der Waals surface area contributed by atoms with Crippen LogP contribution in [-0.4, -0.2) is 34.6 Å². The first kappa shape index (κ1) is 25.1. The lowest BCUT2D eigenvalue weighted by molar-refractivity contribution is -0.201. The molecule has 0 radical (unpaired) electrons. The number of benzene rings is 3. The van der Waals surface area contributed by atoms with Gasteiger partial charge in [-0.25, -0.2) is 9.78 Å². The highest BCUT2D eigenvalue weighted by Gasteiger charge is 2.49.